The molecule has 0 bridgehead atoms. The number of carboxylic acids is 1. The fraction of sp³-hybridized carbons (Fsp3) is 0.875. The van der Waals surface area contributed by atoms with Gasteiger partial charge in [-0.05, 0) is 25.7 Å². The van der Waals surface area contributed by atoms with E-state index in [1.807, 2.05) is 0 Å². The molecule has 0 aliphatic heterocycles. The summed E-state index contributed by atoms with van der Waals surface area (Å²) in [5.74, 6) is -0.916. The first-order chi connectivity index (χ1) is 5.74. The van der Waals surface area contributed by atoms with E-state index in [9.17, 15) is 4.79 Å². The van der Waals surface area contributed by atoms with Crippen molar-refractivity contribution in [3.8, 4) is 0 Å². The van der Waals surface area contributed by atoms with Crippen LogP contribution in [0.1, 0.15) is 25.7 Å². The van der Waals surface area contributed by atoms with Crippen LogP contribution in [0.5, 0.6) is 0 Å². The number of rotatable bonds is 3. The molecule has 0 heterocycles. The van der Waals surface area contributed by atoms with E-state index in [4.69, 9.17) is 14.9 Å². The first kappa shape index (κ1) is 9.48. The summed E-state index contributed by atoms with van der Waals surface area (Å²) >= 11 is 0. The topological polar surface area (TPSA) is 66.8 Å². The lowest BCUT2D eigenvalue weighted by atomic mass is 9.87. The Morgan fingerprint density at radius 3 is 2.33 bits per heavy atom. The van der Waals surface area contributed by atoms with E-state index in [0.717, 1.165) is 12.8 Å². The standard InChI is InChI=1S/C8H14O4/c9-5-12-7-3-1-6(2-4-7)8(10)11/h6-7,9H,1-5H2,(H,10,11). The molecule has 0 aromatic rings. The number of carboxylic acid groups (broad SMARTS) is 1. The molecule has 1 aliphatic rings. The van der Waals surface area contributed by atoms with Crippen molar-refractivity contribution in [2.24, 2.45) is 5.92 Å². The van der Waals surface area contributed by atoms with Crippen LogP contribution in [0.3, 0.4) is 0 Å². The van der Waals surface area contributed by atoms with Gasteiger partial charge in [0.15, 0.2) is 0 Å². The minimum absolute atomic E-state index is 0.0607. The summed E-state index contributed by atoms with van der Waals surface area (Å²) in [5, 5.41) is 17.1. The Morgan fingerprint density at radius 2 is 1.92 bits per heavy atom. The molecule has 1 fully saturated rings. The zero-order chi connectivity index (χ0) is 8.97. The molecular weight excluding hydrogens is 160 g/mol. The molecule has 4 heteroatoms. The van der Waals surface area contributed by atoms with Crippen molar-refractivity contribution in [3.63, 3.8) is 0 Å². The highest BCUT2D eigenvalue weighted by Crippen LogP contribution is 2.25. The van der Waals surface area contributed by atoms with Crippen LogP contribution in [-0.2, 0) is 9.53 Å². The van der Waals surface area contributed by atoms with Crippen molar-refractivity contribution >= 4 is 5.97 Å². The van der Waals surface area contributed by atoms with Crippen LogP contribution in [-0.4, -0.2) is 29.1 Å². The van der Waals surface area contributed by atoms with Crippen molar-refractivity contribution in [2.75, 3.05) is 6.79 Å². The van der Waals surface area contributed by atoms with Gasteiger partial charge in [-0.2, -0.15) is 0 Å². The van der Waals surface area contributed by atoms with Crippen LogP contribution in [0.25, 0.3) is 0 Å². The second kappa shape index (κ2) is 4.42. The Hall–Kier alpha value is -0.610. The van der Waals surface area contributed by atoms with E-state index >= 15 is 0 Å². The molecule has 1 saturated carbocycles. The van der Waals surface area contributed by atoms with Crippen LogP contribution in [0, 0.1) is 5.92 Å². The molecule has 0 spiro atoms. The molecular formula is C8H14O4. The largest absolute Gasteiger partial charge is 0.481 e. The Morgan fingerprint density at radius 1 is 1.33 bits per heavy atom. The fourth-order valence-electron chi connectivity index (χ4n) is 1.58. The Kier molecular flexibility index (Phi) is 3.49. The maximum absolute atomic E-state index is 10.5. The lowest BCUT2D eigenvalue weighted by Crippen LogP contribution is -2.26. The molecule has 4 nitrogen and oxygen atoms in total. The van der Waals surface area contributed by atoms with E-state index in [-0.39, 0.29) is 18.8 Å². The van der Waals surface area contributed by atoms with Gasteiger partial charge < -0.3 is 14.9 Å². The highest BCUT2D eigenvalue weighted by Gasteiger charge is 2.25. The summed E-state index contributed by atoms with van der Waals surface area (Å²) in [6.45, 7) is -0.262. The van der Waals surface area contributed by atoms with Crippen molar-refractivity contribution in [2.45, 2.75) is 31.8 Å². The van der Waals surface area contributed by atoms with Gasteiger partial charge in [0.1, 0.15) is 6.79 Å². The summed E-state index contributed by atoms with van der Waals surface area (Å²) in [6.07, 6.45) is 2.89. The molecule has 0 radical (unpaired) electrons. The van der Waals surface area contributed by atoms with Crippen molar-refractivity contribution < 1.29 is 19.7 Å². The van der Waals surface area contributed by atoms with Crippen LogP contribution in [0.2, 0.25) is 0 Å². The van der Waals surface area contributed by atoms with Crippen molar-refractivity contribution in [1.29, 1.82) is 0 Å². The van der Waals surface area contributed by atoms with Crippen LogP contribution in [0.15, 0.2) is 0 Å². The van der Waals surface area contributed by atoms with Gasteiger partial charge in [0.25, 0.3) is 0 Å². The molecule has 0 aromatic carbocycles. The predicted octanol–water partition coefficient (Wildman–Crippen LogP) is 0.596. The van der Waals surface area contributed by atoms with Gasteiger partial charge in [-0.3, -0.25) is 4.79 Å². The fourth-order valence-corrected chi connectivity index (χ4v) is 1.58. The van der Waals surface area contributed by atoms with Gasteiger partial charge in [-0.1, -0.05) is 0 Å². The van der Waals surface area contributed by atoms with E-state index in [2.05, 4.69) is 0 Å². The summed E-state index contributed by atoms with van der Waals surface area (Å²) in [7, 11) is 0. The van der Waals surface area contributed by atoms with E-state index in [0.29, 0.717) is 12.8 Å². The molecule has 70 valence electrons. The quantitative estimate of drug-likeness (QED) is 0.615. The number of ether oxygens (including phenoxy) is 1. The number of aliphatic carboxylic acids is 1. The zero-order valence-electron chi connectivity index (χ0n) is 6.90. The minimum atomic E-state index is -0.711. The maximum atomic E-state index is 10.5. The second-order valence-electron chi connectivity index (χ2n) is 3.11. The van der Waals surface area contributed by atoms with E-state index in [1.165, 1.54) is 0 Å². The normalized spacial score (nSPS) is 30.1. The number of aliphatic hydroxyl groups excluding tert-OH is 1. The van der Waals surface area contributed by atoms with Crippen molar-refractivity contribution in [1.82, 2.24) is 0 Å². The molecule has 0 atom stereocenters. The summed E-state index contributed by atoms with van der Waals surface area (Å²) in [5.41, 5.74) is 0. The molecule has 12 heavy (non-hydrogen) atoms. The zero-order valence-corrected chi connectivity index (χ0v) is 6.90. The first-order valence-electron chi connectivity index (χ1n) is 4.19. The highest BCUT2D eigenvalue weighted by atomic mass is 16.6. The summed E-state index contributed by atoms with van der Waals surface area (Å²) in [4.78, 5) is 10.5. The molecule has 0 amide bonds. The smallest absolute Gasteiger partial charge is 0.306 e. The van der Waals surface area contributed by atoms with Gasteiger partial charge in [-0.25, -0.2) is 0 Å². The van der Waals surface area contributed by atoms with Crippen LogP contribution in [0.4, 0.5) is 0 Å². The number of hydrogen-bond acceptors (Lipinski definition) is 3. The summed E-state index contributed by atoms with van der Waals surface area (Å²) in [6, 6.07) is 0. The number of hydrogen-bond donors (Lipinski definition) is 2. The second-order valence-corrected chi connectivity index (χ2v) is 3.11. The first-order valence-corrected chi connectivity index (χ1v) is 4.19. The van der Waals surface area contributed by atoms with Gasteiger partial charge in [0.05, 0.1) is 12.0 Å². The summed E-state index contributed by atoms with van der Waals surface area (Å²) < 4.78 is 4.97. The molecule has 1 aliphatic carbocycles. The maximum Gasteiger partial charge on any atom is 0.306 e. The highest BCUT2D eigenvalue weighted by molar-refractivity contribution is 5.69. The van der Waals surface area contributed by atoms with Crippen molar-refractivity contribution in [3.05, 3.63) is 0 Å². The average molecular weight is 174 g/mol. The van der Waals surface area contributed by atoms with Gasteiger partial charge >= 0.3 is 5.97 Å². The monoisotopic (exact) mass is 174 g/mol. The Bertz CT molecular complexity index is 149. The minimum Gasteiger partial charge on any atom is -0.481 e. The third-order valence-corrected chi connectivity index (χ3v) is 2.33. The Balaban J connectivity index is 2.25. The van der Waals surface area contributed by atoms with Gasteiger partial charge in [-0.15, -0.1) is 0 Å². The average Bonchev–Trinajstić information content (AvgIpc) is 2.06. The van der Waals surface area contributed by atoms with Gasteiger partial charge in [0, 0.05) is 0 Å². The van der Waals surface area contributed by atoms with Crippen LogP contribution >= 0.6 is 0 Å². The SMILES string of the molecule is O=C(O)C1CCC(OCO)CC1. The molecule has 2 N–H and O–H groups in total. The number of aliphatic hydroxyl groups is 1. The third-order valence-electron chi connectivity index (χ3n) is 2.33. The van der Waals surface area contributed by atoms with Crippen LogP contribution < -0.4 is 0 Å². The lowest BCUT2D eigenvalue weighted by Gasteiger charge is -2.25. The Labute approximate surface area is 71.2 Å². The molecule has 0 saturated heterocycles. The predicted molar refractivity (Wildman–Crippen MR) is 41.6 cm³/mol. The number of carbonyl (C=O) groups is 1. The molecule has 0 unspecified atom stereocenters. The molecule has 0 aromatic heterocycles. The van der Waals surface area contributed by atoms with E-state index < -0.39 is 5.97 Å². The third kappa shape index (κ3) is 2.46. The lowest BCUT2D eigenvalue weighted by molar-refractivity contribution is -0.144. The molecule has 1 rings (SSSR count). The van der Waals surface area contributed by atoms with E-state index in [1.54, 1.807) is 0 Å². The van der Waals surface area contributed by atoms with Gasteiger partial charge in [0.2, 0.25) is 0 Å².